The summed E-state index contributed by atoms with van der Waals surface area (Å²) in [7, 11) is 0. The van der Waals surface area contributed by atoms with Crippen LogP contribution in [0.1, 0.15) is 39.0 Å². The third-order valence-electron chi connectivity index (χ3n) is 5.78. The third-order valence-corrected chi connectivity index (χ3v) is 5.78. The summed E-state index contributed by atoms with van der Waals surface area (Å²) in [6, 6.07) is 19.1. The van der Waals surface area contributed by atoms with E-state index in [1.54, 1.807) is 60.4 Å². The molecule has 4 rings (SSSR count). The molecule has 2 aromatic heterocycles. The molecule has 0 fully saturated rings. The van der Waals surface area contributed by atoms with Gasteiger partial charge in [-0.3, -0.25) is 15.1 Å². The number of hydrogen-bond acceptors (Lipinski definition) is 6. The number of urea groups is 1. The minimum absolute atomic E-state index is 0.214. The van der Waals surface area contributed by atoms with Gasteiger partial charge in [0.25, 0.3) is 0 Å². The number of aromatic nitrogens is 3. The molecule has 0 spiro atoms. The molecule has 10 nitrogen and oxygen atoms in total. The lowest BCUT2D eigenvalue weighted by molar-refractivity contribution is -0.122. The van der Waals surface area contributed by atoms with Crippen LogP contribution >= 0.6 is 0 Å². The summed E-state index contributed by atoms with van der Waals surface area (Å²) in [6.07, 6.45) is 3.31. The summed E-state index contributed by atoms with van der Waals surface area (Å²) in [6.45, 7) is 8.18. The molecular weight excluding hydrogens is 494 g/mol. The highest BCUT2D eigenvalue weighted by molar-refractivity contribution is 5.99. The van der Waals surface area contributed by atoms with Crippen LogP contribution in [0.25, 0.3) is 5.69 Å². The summed E-state index contributed by atoms with van der Waals surface area (Å²) < 4.78 is 7.46. The number of carbonyl (C=O) groups excluding carboxylic acids is 2. The number of amides is 3. The number of anilines is 2. The van der Waals surface area contributed by atoms with E-state index in [-0.39, 0.29) is 11.3 Å². The number of ether oxygens (including phenoxy) is 1. The predicted octanol–water partition coefficient (Wildman–Crippen LogP) is 4.96. The standard InChI is InChI=1S/C29H33N7O3/c1-19(30)27(37)32-18-20-5-9-22(10-6-20)36-26(17-25(35-36)29(2,3)4)34-28(38)33-21-7-11-23(12-8-21)39-24-13-15-31-16-14-24/h5-17,19H,18,30H2,1-4H3,(H,32,37)(H2,33,34,38)/t19-/m1/s1. The molecule has 5 N–H and O–H groups in total. The van der Waals surface area contributed by atoms with Crippen molar-refractivity contribution in [3.63, 3.8) is 0 Å². The molecule has 0 aliphatic rings. The summed E-state index contributed by atoms with van der Waals surface area (Å²) >= 11 is 0. The summed E-state index contributed by atoms with van der Waals surface area (Å²) in [4.78, 5) is 28.6. The third kappa shape index (κ3) is 7.42. The van der Waals surface area contributed by atoms with Gasteiger partial charge < -0.3 is 21.1 Å². The zero-order valence-electron chi connectivity index (χ0n) is 22.4. The Morgan fingerprint density at radius 3 is 2.21 bits per heavy atom. The highest BCUT2D eigenvalue weighted by Crippen LogP contribution is 2.27. The van der Waals surface area contributed by atoms with E-state index in [0.717, 1.165) is 16.9 Å². The van der Waals surface area contributed by atoms with Crippen molar-refractivity contribution in [2.45, 2.75) is 45.7 Å². The first-order valence-corrected chi connectivity index (χ1v) is 12.6. The van der Waals surface area contributed by atoms with Crippen molar-refractivity contribution in [2.24, 2.45) is 5.73 Å². The second-order valence-corrected chi connectivity index (χ2v) is 10.1. The predicted molar refractivity (Wildman–Crippen MR) is 151 cm³/mol. The number of benzene rings is 2. The summed E-state index contributed by atoms with van der Waals surface area (Å²) in [5.41, 5.74) is 8.49. The molecule has 4 aromatic rings. The molecule has 0 saturated carbocycles. The molecule has 2 heterocycles. The lowest BCUT2D eigenvalue weighted by Gasteiger charge is -2.14. The molecule has 39 heavy (non-hydrogen) atoms. The molecule has 0 aliphatic heterocycles. The number of nitrogens with two attached hydrogens (primary N) is 1. The van der Waals surface area contributed by atoms with Gasteiger partial charge in [-0.15, -0.1) is 0 Å². The molecular formula is C29H33N7O3. The lowest BCUT2D eigenvalue weighted by atomic mass is 9.92. The van der Waals surface area contributed by atoms with E-state index in [2.05, 4.69) is 41.7 Å². The van der Waals surface area contributed by atoms with E-state index in [1.807, 2.05) is 30.3 Å². The number of pyridine rings is 1. The molecule has 2 aromatic carbocycles. The van der Waals surface area contributed by atoms with Gasteiger partial charge in [0.1, 0.15) is 17.3 Å². The lowest BCUT2D eigenvalue weighted by Crippen LogP contribution is -2.37. The van der Waals surface area contributed by atoms with Crippen molar-refractivity contribution in [1.29, 1.82) is 0 Å². The maximum absolute atomic E-state index is 12.9. The molecule has 0 radical (unpaired) electrons. The number of carbonyl (C=O) groups is 2. The van der Waals surface area contributed by atoms with Crippen LogP contribution in [0.2, 0.25) is 0 Å². The largest absolute Gasteiger partial charge is 0.457 e. The van der Waals surface area contributed by atoms with Crippen LogP contribution in [0.15, 0.2) is 79.1 Å². The number of hydrogen-bond donors (Lipinski definition) is 4. The molecule has 0 aliphatic carbocycles. The summed E-state index contributed by atoms with van der Waals surface area (Å²) in [5.74, 6) is 1.62. The minimum atomic E-state index is -0.567. The fourth-order valence-electron chi connectivity index (χ4n) is 3.57. The average Bonchev–Trinajstić information content (AvgIpc) is 3.33. The molecule has 10 heteroatoms. The van der Waals surface area contributed by atoms with E-state index in [4.69, 9.17) is 15.6 Å². The van der Waals surface area contributed by atoms with E-state index in [0.29, 0.717) is 29.5 Å². The highest BCUT2D eigenvalue weighted by Gasteiger charge is 2.21. The quantitative estimate of drug-likeness (QED) is 0.256. The Balaban J connectivity index is 1.46. The Morgan fingerprint density at radius 2 is 1.59 bits per heavy atom. The zero-order valence-corrected chi connectivity index (χ0v) is 22.4. The first-order chi connectivity index (χ1) is 18.6. The number of nitrogens with zero attached hydrogens (tertiary/aromatic N) is 3. The fraction of sp³-hybridized carbons (Fsp3) is 0.241. The van der Waals surface area contributed by atoms with Crippen LogP contribution < -0.4 is 26.4 Å². The van der Waals surface area contributed by atoms with Crippen LogP contribution in [0.5, 0.6) is 11.5 Å². The van der Waals surface area contributed by atoms with E-state index >= 15 is 0 Å². The van der Waals surface area contributed by atoms with Gasteiger partial charge in [-0.05, 0) is 61.0 Å². The monoisotopic (exact) mass is 527 g/mol. The van der Waals surface area contributed by atoms with Gasteiger partial charge >= 0.3 is 6.03 Å². The van der Waals surface area contributed by atoms with Crippen LogP contribution in [0.4, 0.5) is 16.3 Å². The van der Waals surface area contributed by atoms with Gasteiger partial charge in [0, 0.05) is 36.1 Å². The van der Waals surface area contributed by atoms with Gasteiger partial charge in [-0.2, -0.15) is 5.10 Å². The summed E-state index contributed by atoms with van der Waals surface area (Å²) in [5, 5.41) is 13.3. The average molecular weight is 528 g/mol. The van der Waals surface area contributed by atoms with Crippen LogP contribution in [-0.2, 0) is 16.8 Å². The second-order valence-electron chi connectivity index (χ2n) is 10.1. The van der Waals surface area contributed by atoms with E-state index < -0.39 is 12.1 Å². The second kappa shape index (κ2) is 11.8. The number of rotatable bonds is 8. The van der Waals surface area contributed by atoms with Crippen LogP contribution in [0, 0.1) is 0 Å². The van der Waals surface area contributed by atoms with Crippen LogP contribution in [-0.4, -0.2) is 32.7 Å². The van der Waals surface area contributed by atoms with Gasteiger partial charge in [-0.25, -0.2) is 9.48 Å². The number of nitrogens with one attached hydrogen (secondary N) is 3. The normalized spacial score (nSPS) is 11.9. The van der Waals surface area contributed by atoms with Crippen molar-refractivity contribution in [3.05, 3.63) is 90.4 Å². The smallest absolute Gasteiger partial charge is 0.324 e. The van der Waals surface area contributed by atoms with Crippen LogP contribution in [0.3, 0.4) is 0 Å². The minimum Gasteiger partial charge on any atom is -0.457 e. The van der Waals surface area contributed by atoms with Crippen molar-refractivity contribution >= 4 is 23.4 Å². The fourth-order valence-corrected chi connectivity index (χ4v) is 3.57. The maximum Gasteiger partial charge on any atom is 0.324 e. The Bertz CT molecular complexity index is 1410. The SMILES string of the molecule is C[C@@H](N)C(=O)NCc1ccc(-n2nc(C(C)(C)C)cc2NC(=O)Nc2ccc(Oc3ccncc3)cc2)cc1. The Labute approximate surface area is 227 Å². The van der Waals surface area contributed by atoms with E-state index in [9.17, 15) is 9.59 Å². The zero-order chi connectivity index (χ0) is 28.0. The van der Waals surface area contributed by atoms with Gasteiger partial charge in [0.05, 0.1) is 17.4 Å². The van der Waals surface area contributed by atoms with Crippen molar-refractivity contribution < 1.29 is 14.3 Å². The molecule has 1 atom stereocenters. The molecule has 0 unspecified atom stereocenters. The topological polar surface area (TPSA) is 136 Å². The molecule has 3 amide bonds. The maximum atomic E-state index is 12.9. The Kier molecular flexibility index (Phi) is 8.26. The van der Waals surface area contributed by atoms with Crippen molar-refractivity contribution in [1.82, 2.24) is 20.1 Å². The molecule has 0 bridgehead atoms. The first-order valence-electron chi connectivity index (χ1n) is 12.6. The molecule has 0 saturated heterocycles. The van der Waals surface area contributed by atoms with Gasteiger partial charge in [0.2, 0.25) is 5.91 Å². The van der Waals surface area contributed by atoms with Crippen molar-refractivity contribution in [3.8, 4) is 17.2 Å². The van der Waals surface area contributed by atoms with Crippen molar-refractivity contribution in [2.75, 3.05) is 10.6 Å². The Hall–Kier alpha value is -4.70. The van der Waals surface area contributed by atoms with Gasteiger partial charge in [0.15, 0.2) is 0 Å². The Morgan fingerprint density at radius 1 is 0.949 bits per heavy atom. The van der Waals surface area contributed by atoms with Gasteiger partial charge in [-0.1, -0.05) is 32.9 Å². The van der Waals surface area contributed by atoms with E-state index in [1.165, 1.54) is 0 Å². The molecule has 202 valence electrons. The highest BCUT2D eigenvalue weighted by atomic mass is 16.5. The first kappa shape index (κ1) is 27.3.